The van der Waals surface area contributed by atoms with E-state index in [9.17, 15) is 9.18 Å². The molecule has 1 N–H and O–H groups in total. The van der Waals surface area contributed by atoms with Crippen molar-refractivity contribution in [3.8, 4) is 0 Å². The first-order valence-electron chi connectivity index (χ1n) is 8.67. The average Bonchev–Trinajstić information content (AvgIpc) is 2.87. The molecule has 2 aromatic heterocycles. The van der Waals surface area contributed by atoms with Gasteiger partial charge in [0.05, 0.1) is 11.0 Å². The second-order valence-corrected chi connectivity index (χ2v) is 6.74. The molecular weight excluding hydrogens is 305 g/mol. The van der Waals surface area contributed by atoms with Gasteiger partial charge in [0.15, 0.2) is 11.4 Å². The molecule has 24 heavy (non-hydrogen) atoms. The van der Waals surface area contributed by atoms with Crippen molar-refractivity contribution < 1.29 is 4.39 Å². The predicted molar refractivity (Wildman–Crippen MR) is 95.1 cm³/mol. The number of rotatable bonds is 3. The third-order valence-corrected chi connectivity index (χ3v) is 5.10. The minimum atomic E-state index is -0.346. The van der Waals surface area contributed by atoms with Crippen LogP contribution < -0.4 is 5.43 Å². The van der Waals surface area contributed by atoms with E-state index in [4.69, 9.17) is 0 Å². The quantitative estimate of drug-likeness (QED) is 0.749. The fourth-order valence-corrected chi connectivity index (χ4v) is 3.96. The van der Waals surface area contributed by atoms with Crippen LogP contribution in [-0.4, -0.2) is 34.1 Å². The first-order valence-corrected chi connectivity index (χ1v) is 8.67. The first kappa shape index (κ1) is 15.4. The number of pyridine rings is 1. The van der Waals surface area contributed by atoms with Crippen molar-refractivity contribution >= 4 is 21.8 Å². The monoisotopic (exact) mass is 327 g/mol. The van der Waals surface area contributed by atoms with Crippen molar-refractivity contribution in [3.05, 3.63) is 46.1 Å². The number of hydrogen-bond acceptors (Lipinski definition) is 2. The minimum absolute atomic E-state index is 0.00775. The summed E-state index contributed by atoms with van der Waals surface area (Å²) in [5.41, 5.74) is 2.68. The summed E-state index contributed by atoms with van der Waals surface area (Å²) >= 11 is 0. The van der Waals surface area contributed by atoms with Gasteiger partial charge in [0.25, 0.3) is 0 Å². The van der Waals surface area contributed by atoms with E-state index in [1.165, 1.54) is 25.3 Å². The molecule has 0 bridgehead atoms. The van der Waals surface area contributed by atoms with Crippen molar-refractivity contribution in [2.45, 2.75) is 32.7 Å². The van der Waals surface area contributed by atoms with E-state index in [1.54, 1.807) is 12.1 Å². The van der Waals surface area contributed by atoms with E-state index in [0.29, 0.717) is 0 Å². The second kappa shape index (κ2) is 6.06. The van der Waals surface area contributed by atoms with Gasteiger partial charge in [-0.25, -0.2) is 0 Å². The Balaban J connectivity index is 1.84. The molecule has 0 unspecified atom stereocenters. The molecular formula is C19H22FN3O. The molecule has 1 aromatic carbocycles. The fourth-order valence-electron chi connectivity index (χ4n) is 3.96. The summed E-state index contributed by atoms with van der Waals surface area (Å²) in [5, 5.41) is 1.82. The number of aromatic nitrogens is 2. The maximum Gasteiger partial charge on any atom is 0.191 e. The number of nitrogens with zero attached hydrogens (tertiary/aromatic N) is 2. The Labute approximate surface area is 139 Å². The van der Waals surface area contributed by atoms with Gasteiger partial charge in [-0.15, -0.1) is 0 Å². The van der Waals surface area contributed by atoms with Gasteiger partial charge < -0.3 is 14.5 Å². The van der Waals surface area contributed by atoms with Crippen LogP contribution in [-0.2, 0) is 6.54 Å². The van der Waals surface area contributed by atoms with Crippen LogP contribution in [0.2, 0.25) is 0 Å². The third kappa shape index (κ3) is 2.63. The number of likely N-dealkylation sites (tertiary alicyclic amines) is 1. The summed E-state index contributed by atoms with van der Waals surface area (Å²) < 4.78 is 16.0. The number of hydrogen-bond donors (Lipinski definition) is 1. The van der Waals surface area contributed by atoms with Crippen molar-refractivity contribution in [2.75, 3.05) is 19.6 Å². The fraction of sp³-hybridized carbons (Fsp3) is 0.421. The highest BCUT2D eigenvalue weighted by Crippen LogP contribution is 2.30. The summed E-state index contributed by atoms with van der Waals surface area (Å²) in [6.07, 6.45) is 3.84. The van der Waals surface area contributed by atoms with Crippen LogP contribution in [0.3, 0.4) is 0 Å². The van der Waals surface area contributed by atoms with Gasteiger partial charge in [-0.2, -0.15) is 4.39 Å². The van der Waals surface area contributed by atoms with E-state index in [2.05, 4.69) is 14.5 Å². The molecule has 3 heterocycles. The van der Waals surface area contributed by atoms with Crippen LogP contribution >= 0.6 is 0 Å². The van der Waals surface area contributed by atoms with Gasteiger partial charge in [0.1, 0.15) is 0 Å². The summed E-state index contributed by atoms with van der Waals surface area (Å²) in [7, 11) is 0. The van der Waals surface area contributed by atoms with Crippen LogP contribution in [0.1, 0.15) is 25.0 Å². The normalized spacial score (nSPS) is 16.2. The van der Waals surface area contributed by atoms with Crippen molar-refractivity contribution in [1.29, 1.82) is 0 Å². The molecule has 4 nitrogen and oxygen atoms in total. The van der Waals surface area contributed by atoms with Crippen LogP contribution in [0.25, 0.3) is 21.8 Å². The molecule has 1 fully saturated rings. The molecule has 1 aliphatic rings. The van der Waals surface area contributed by atoms with E-state index >= 15 is 0 Å². The molecule has 5 heteroatoms. The molecule has 1 aliphatic heterocycles. The number of fused-ring (bicyclic) bond motifs is 3. The zero-order valence-electron chi connectivity index (χ0n) is 13.9. The molecule has 126 valence electrons. The highest BCUT2D eigenvalue weighted by Gasteiger charge is 2.16. The van der Waals surface area contributed by atoms with Crippen LogP contribution in [0.5, 0.6) is 0 Å². The summed E-state index contributed by atoms with van der Waals surface area (Å²) in [6, 6.07) is 6.58. The zero-order valence-corrected chi connectivity index (χ0v) is 13.9. The molecule has 0 saturated carbocycles. The lowest BCUT2D eigenvalue weighted by Crippen LogP contribution is -2.32. The van der Waals surface area contributed by atoms with Crippen molar-refractivity contribution in [2.24, 2.45) is 0 Å². The lowest BCUT2D eigenvalue weighted by Gasteiger charge is -2.26. The molecule has 3 aromatic rings. The maximum atomic E-state index is 13.9. The molecule has 0 amide bonds. The number of aryl methyl sites for hydroxylation is 1. The first-order chi connectivity index (χ1) is 11.6. The summed E-state index contributed by atoms with van der Waals surface area (Å²) in [4.78, 5) is 17.1. The Morgan fingerprint density at radius 1 is 1.08 bits per heavy atom. The lowest BCUT2D eigenvalue weighted by atomic mass is 10.1. The highest BCUT2D eigenvalue weighted by atomic mass is 19.1. The topological polar surface area (TPSA) is 41.0 Å². The Kier molecular flexibility index (Phi) is 3.88. The zero-order chi connectivity index (χ0) is 16.7. The Hall–Kier alpha value is -2.14. The SMILES string of the molecule is Cc1[nH]c(F)cc2c3ccc(=O)cc3n(CCN3CCCCC3)c12. The molecule has 0 aliphatic carbocycles. The Bertz CT molecular complexity index is 951. The molecule has 0 radical (unpaired) electrons. The Morgan fingerprint density at radius 3 is 2.67 bits per heavy atom. The van der Waals surface area contributed by atoms with Gasteiger partial charge >= 0.3 is 0 Å². The number of H-pyrrole nitrogens is 1. The van der Waals surface area contributed by atoms with E-state index in [1.807, 2.05) is 13.0 Å². The molecule has 4 rings (SSSR count). The van der Waals surface area contributed by atoms with Crippen LogP contribution in [0, 0.1) is 12.9 Å². The number of nitrogens with one attached hydrogen (secondary N) is 1. The van der Waals surface area contributed by atoms with Crippen LogP contribution in [0.4, 0.5) is 4.39 Å². The van der Waals surface area contributed by atoms with E-state index < -0.39 is 0 Å². The van der Waals surface area contributed by atoms with Gasteiger partial charge in [-0.3, -0.25) is 4.79 Å². The smallest absolute Gasteiger partial charge is 0.191 e. The molecule has 1 saturated heterocycles. The van der Waals surface area contributed by atoms with Crippen molar-refractivity contribution in [3.63, 3.8) is 0 Å². The number of halogens is 1. The van der Waals surface area contributed by atoms with Gasteiger partial charge in [-0.05, 0) is 45.0 Å². The van der Waals surface area contributed by atoms with E-state index in [0.717, 1.165) is 53.7 Å². The minimum Gasteiger partial charge on any atom is -0.338 e. The van der Waals surface area contributed by atoms with Gasteiger partial charge in [0.2, 0.25) is 0 Å². The number of piperidine rings is 1. The standard InChI is InChI=1S/C19H22FN3O/c1-13-19-16(12-18(20)21-13)15-6-5-14(24)11-17(15)23(19)10-9-22-7-3-2-4-8-22/h5-6,11-12,21H,2-4,7-10H2,1H3. The summed E-state index contributed by atoms with van der Waals surface area (Å²) in [5.74, 6) is -0.346. The molecule has 0 atom stereocenters. The van der Waals surface area contributed by atoms with Crippen molar-refractivity contribution in [1.82, 2.24) is 14.5 Å². The average molecular weight is 327 g/mol. The third-order valence-electron chi connectivity index (χ3n) is 5.10. The number of benzene rings is 1. The van der Waals surface area contributed by atoms with Gasteiger partial charge in [-0.1, -0.05) is 6.42 Å². The van der Waals surface area contributed by atoms with Gasteiger partial charge in [0, 0.05) is 41.7 Å². The predicted octanol–water partition coefficient (Wildman–Crippen LogP) is 3.42. The number of aromatic amines is 1. The summed E-state index contributed by atoms with van der Waals surface area (Å²) in [6.45, 7) is 5.94. The highest BCUT2D eigenvalue weighted by molar-refractivity contribution is 6.08. The lowest BCUT2D eigenvalue weighted by molar-refractivity contribution is 0.222. The van der Waals surface area contributed by atoms with Crippen LogP contribution in [0.15, 0.2) is 29.1 Å². The van der Waals surface area contributed by atoms with E-state index in [-0.39, 0.29) is 11.4 Å². The largest absolute Gasteiger partial charge is 0.338 e. The second-order valence-electron chi connectivity index (χ2n) is 6.74. The molecule has 0 spiro atoms. The maximum absolute atomic E-state index is 13.9. The Morgan fingerprint density at radius 2 is 1.88 bits per heavy atom.